The molecule has 0 aromatic carbocycles. The van der Waals surface area contributed by atoms with Gasteiger partial charge in [0.05, 0.1) is 40.8 Å². The van der Waals surface area contributed by atoms with E-state index in [0.717, 1.165) is 4.90 Å². The van der Waals surface area contributed by atoms with Crippen LogP contribution in [-0.2, 0) is 42.9 Å². The molecule has 2 saturated heterocycles. The number of β-lactam (4-membered cyclic amide) rings is 1. The van der Waals surface area contributed by atoms with Crippen molar-refractivity contribution in [1.82, 2.24) is 29.4 Å². The zero-order chi connectivity index (χ0) is 23.6. The number of sulfone groups is 2. The van der Waals surface area contributed by atoms with E-state index in [2.05, 4.69) is 15.3 Å². The van der Waals surface area contributed by atoms with Gasteiger partial charge in [0.25, 0.3) is 5.91 Å². The molecule has 4 heterocycles. The van der Waals surface area contributed by atoms with Gasteiger partial charge in [-0.05, 0) is 19.9 Å². The number of fused-ring (bicyclic) bond motifs is 1. The van der Waals surface area contributed by atoms with Crippen molar-refractivity contribution in [2.24, 2.45) is 7.05 Å². The number of carbonyl (C=O) groups is 2. The standard InChI is InChI=1S/C17H20N6O7S2.Na/c1-17(2)12(15(25)26)23-13(24)11(14(23)32(17,29)30)8-10-9-22(20-19-10)6-7-31(27,28)16-18-4-5-21(16)3;/h4-5,8-9,12,14H,6-7H2,1-3H3,(H,25,26);/q;+1/p-1/b11-8+;/t12-,14+;/m0./s1. The van der Waals surface area contributed by atoms with Crippen LogP contribution in [0, 0.1) is 0 Å². The number of rotatable bonds is 6. The summed E-state index contributed by atoms with van der Waals surface area (Å²) in [6.07, 6.45) is 5.45. The Labute approximate surface area is 211 Å². The van der Waals surface area contributed by atoms with E-state index >= 15 is 0 Å². The zero-order valence-electron chi connectivity index (χ0n) is 18.2. The molecule has 0 bridgehead atoms. The van der Waals surface area contributed by atoms with E-state index in [1.807, 2.05) is 0 Å². The number of aryl methyl sites for hydroxylation is 2. The maximum absolute atomic E-state index is 12.9. The Morgan fingerprint density at radius 2 is 2.00 bits per heavy atom. The molecule has 4 rings (SSSR count). The van der Waals surface area contributed by atoms with E-state index in [9.17, 15) is 31.5 Å². The molecular weight excluding hydrogens is 487 g/mol. The second-order valence-corrected chi connectivity index (χ2v) is 12.7. The second kappa shape index (κ2) is 8.30. The van der Waals surface area contributed by atoms with E-state index in [-0.39, 0.29) is 58.3 Å². The number of aliphatic carboxylic acids is 1. The molecule has 0 unspecified atom stereocenters. The molecule has 2 atom stereocenters. The van der Waals surface area contributed by atoms with E-state index in [0.29, 0.717) is 0 Å². The van der Waals surface area contributed by atoms with Crippen molar-refractivity contribution in [1.29, 1.82) is 0 Å². The Balaban J connectivity index is 0.00000306. The van der Waals surface area contributed by atoms with Crippen molar-refractivity contribution < 1.29 is 61.1 Å². The van der Waals surface area contributed by atoms with Gasteiger partial charge < -0.3 is 19.4 Å². The molecule has 33 heavy (non-hydrogen) atoms. The Morgan fingerprint density at radius 3 is 2.58 bits per heavy atom. The molecular formula is C17H19N6NaO7S2. The fourth-order valence-electron chi connectivity index (χ4n) is 3.93. The maximum Gasteiger partial charge on any atom is 1.00 e. The zero-order valence-corrected chi connectivity index (χ0v) is 21.9. The summed E-state index contributed by atoms with van der Waals surface area (Å²) in [6, 6.07) is -1.60. The molecule has 2 fully saturated rings. The van der Waals surface area contributed by atoms with E-state index in [4.69, 9.17) is 0 Å². The predicted octanol–water partition coefficient (Wildman–Crippen LogP) is -5.63. The summed E-state index contributed by atoms with van der Waals surface area (Å²) >= 11 is 0. The number of nitrogens with zero attached hydrogens (tertiary/aromatic N) is 6. The maximum atomic E-state index is 12.9. The van der Waals surface area contributed by atoms with Gasteiger partial charge in [0.1, 0.15) is 5.69 Å². The van der Waals surface area contributed by atoms with Gasteiger partial charge in [0.2, 0.25) is 15.0 Å². The predicted molar refractivity (Wildman–Crippen MR) is 106 cm³/mol. The normalized spacial score (nSPS) is 24.3. The van der Waals surface area contributed by atoms with Crippen molar-refractivity contribution in [3.05, 3.63) is 29.9 Å². The first-order valence-corrected chi connectivity index (χ1v) is 12.6. The van der Waals surface area contributed by atoms with E-state index in [1.165, 1.54) is 47.8 Å². The first-order valence-electron chi connectivity index (χ1n) is 9.38. The average molecular weight is 506 g/mol. The van der Waals surface area contributed by atoms with Crippen LogP contribution in [0.3, 0.4) is 0 Å². The van der Waals surface area contributed by atoms with E-state index in [1.54, 1.807) is 7.05 Å². The van der Waals surface area contributed by atoms with Crippen LogP contribution in [0.2, 0.25) is 0 Å². The number of carbonyl (C=O) groups excluding carboxylic acids is 2. The minimum absolute atomic E-state index is 0. The molecule has 0 radical (unpaired) electrons. The molecule has 13 nitrogen and oxygen atoms in total. The van der Waals surface area contributed by atoms with Gasteiger partial charge in [-0.25, -0.2) is 21.8 Å². The van der Waals surface area contributed by atoms with Gasteiger partial charge in [-0.2, -0.15) is 0 Å². The van der Waals surface area contributed by atoms with Crippen LogP contribution in [0.15, 0.2) is 29.3 Å². The van der Waals surface area contributed by atoms with Crippen LogP contribution >= 0.6 is 0 Å². The van der Waals surface area contributed by atoms with Crippen LogP contribution in [0.5, 0.6) is 0 Å². The molecule has 172 valence electrons. The van der Waals surface area contributed by atoms with Gasteiger partial charge >= 0.3 is 29.6 Å². The molecule has 0 spiro atoms. The first-order chi connectivity index (χ1) is 14.8. The summed E-state index contributed by atoms with van der Waals surface area (Å²) in [5, 5.41) is 17.6. The monoisotopic (exact) mass is 506 g/mol. The van der Waals surface area contributed by atoms with Crippen LogP contribution in [0.25, 0.3) is 6.08 Å². The summed E-state index contributed by atoms with van der Waals surface area (Å²) < 4.78 is 51.4. The fraction of sp³-hybridized carbons (Fsp3) is 0.471. The van der Waals surface area contributed by atoms with Gasteiger partial charge in [-0.3, -0.25) is 9.48 Å². The third kappa shape index (κ3) is 3.84. The number of aromatic nitrogens is 5. The van der Waals surface area contributed by atoms with Crippen LogP contribution in [0.4, 0.5) is 0 Å². The average Bonchev–Trinajstić information content (AvgIpc) is 3.35. The van der Waals surface area contributed by atoms with Gasteiger partial charge in [0, 0.05) is 19.4 Å². The minimum atomic E-state index is -4.04. The molecule has 2 aromatic rings. The SMILES string of the molecule is Cn1ccnc1S(=O)(=O)CCn1cc(/C=C2\C(=O)N3[C@@H](C(=O)[O-])C(C)(C)S(=O)(=O)[C@H]23)nn1.[Na+]. The van der Waals surface area contributed by atoms with Crippen LogP contribution < -0.4 is 34.7 Å². The Bertz CT molecular complexity index is 1380. The molecule has 0 aliphatic carbocycles. The third-order valence-electron chi connectivity index (χ3n) is 5.69. The van der Waals surface area contributed by atoms with Gasteiger partial charge in [-0.15, -0.1) is 5.10 Å². The summed E-state index contributed by atoms with van der Waals surface area (Å²) in [7, 11) is -6.15. The van der Waals surface area contributed by atoms with Crippen molar-refractivity contribution in [2.45, 2.75) is 41.7 Å². The quantitative estimate of drug-likeness (QED) is 0.208. The largest absolute Gasteiger partial charge is 1.00 e. The number of hydrogen-bond acceptors (Lipinski definition) is 10. The second-order valence-electron chi connectivity index (χ2n) is 8.08. The van der Waals surface area contributed by atoms with Crippen molar-refractivity contribution in [2.75, 3.05) is 5.75 Å². The topological polar surface area (TPSA) is 177 Å². The number of carboxylic acid groups (broad SMARTS) is 1. The summed E-state index contributed by atoms with van der Waals surface area (Å²) in [6.45, 7) is 2.43. The summed E-state index contributed by atoms with van der Waals surface area (Å²) in [5.74, 6) is -2.69. The number of hydrogen-bond donors (Lipinski definition) is 0. The molecule has 2 aromatic heterocycles. The molecule has 0 saturated carbocycles. The van der Waals surface area contributed by atoms with Gasteiger partial charge in [-0.1, -0.05) is 5.21 Å². The molecule has 2 aliphatic rings. The number of imidazole rings is 1. The molecule has 0 N–H and O–H groups in total. The Hall–Kier alpha value is -2.07. The summed E-state index contributed by atoms with van der Waals surface area (Å²) in [5.41, 5.74) is 0.00167. The van der Waals surface area contributed by atoms with Crippen LogP contribution in [-0.4, -0.2) is 80.1 Å². The first kappa shape index (κ1) is 25.6. The fourth-order valence-corrected chi connectivity index (χ4v) is 7.37. The van der Waals surface area contributed by atoms with Crippen molar-refractivity contribution in [3.63, 3.8) is 0 Å². The molecule has 2 aliphatic heterocycles. The Kier molecular flexibility index (Phi) is 6.43. The minimum Gasteiger partial charge on any atom is -0.548 e. The van der Waals surface area contributed by atoms with E-state index < -0.39 is 47.7 Å². The van der Waals surface area contributed by atoms with Crippen molar-refractivity contribution in [3.8, 4) is 0 Å². The molecule has 16 heteroatoms. The third-order valence-corrected chi connectivity index (χ3v) is 10.1. The number of amides is 1. The summed E-state index contributed by atoms with van der Waals surface area (Å²) in [4.78, 5) is 28.6. The van der Waals surface area contributed by atoms with Crippen LogP contribution in [0.1, 0.15) is 19.5 Å². The van der Waals surface area contributed by atoms with Gasteiger partial charge in [0.15, 0.2) is 15.2 Å². The number of carboxylic acids is 1. The Morgan fingerprint density at radius 1 is 1.33 bits per heavy atom. The van der Waals surface area contributed by atoms with Crippen molar-refractivity contribution >= 4 is 37.6 Å². The molecule has 1 amide bonds. The smallest absolute Gasteiger partial charge is 0.548 e.